The fraction of sp³-hybridized carbons (Fsp3) is 0.455. The first-order chi connectivity index (χ1) is 13.8. The maximum Gasteiger partial charge on any atom is 0.422 e. The van der Waals surface area contributed by atoms with Gasteiger partial charge in [-0.25, -0.2) is 8.78 Å². The van der Waals surface area contributed by atoms with Gasteiger partial charge in [-0.1, -0.05) is 37.6 Å². The Kier molecular flexibility index (Phi) is 6.77. The minimum atomic E-state index is -4.68. The smallest absolute Gasteiger partial charge is 0.422 e. The molecule has 0 bridgehead atoms. The first-order valence-electron chi connectivity index (χ1n) is 9.67. The number of benzene rings is 2. The highest BCUT2D eigenvalue weighted by atomic mass is 19.4. The summed E-state index contributed by atoms with van der Waals surface area (Å²) in [5.41, 5.74) is 1.77. The Morgan fingerprint density at radius 2 is 1.66 bits per heavy atom. The van der Waals surface area contributed by atoms with Crippen LogP contribution in [0.1, 0.15) is 44.3 Å². The number of alkyl halides is 3. The third-order valence-electron chi connectivity index (χ3n) is 5.06. The Balaban J connectivity index is 1.70. The van der Waals surface area contributed by atoms with Crippen molar-refractivity contribution in [2.45, 2.75) is 44.9 Å². The van der Waals surface area contributed by atoms with Crippen molar-refractivity contribution in [2.75, 3.05) is 13.2 Å². The second-order valence-corrected chi connectivity index (χ2v) is 7.35. The quantitative estimate of drug-likeness (QED) is 0.482. The van der Waals surface area contributed by atoms with E-state index in [2.05, 4.69) is 11.7 Å². The summed E-state index contributed by atoms with van der Waals surface area (Å²) in [6.07, 6.45) is -0.338. The van der Waals surface area contributed by atoms with Gasteiger partial charge < -0.3 is 9.47 Å². The topological polar surface area (TPSA) is 18.5 Å². The number of hydrogen-bond acceptors (Lipinski definition) is 2. The lowest BCUT2D eigenvalue weighted by molar-refractivity contribution is -0.154. The van der Waals surface area contributed by atoms with E-state index in [-0.39, 0.29) is 11.7 Å². The van der Waals surface area contributed by atoms with Crippen molar-refractivity contribution in [2.24, 2.45) is 5.92 Å². The summed E-state index contributed by atoms with van der Waals surface area (Å²) in [4.78, 5) is 0. The predicted octanol–water partition coefficient (Wildman–Crippen LogP) is 6.84. The highest BCUT2D eigenvalue weighted by Gasteiger charge is 2.30. The molecule has 3 rings (SSSR count). The summed E-state index contributed by atoms with van der Waals surface area (Å²) in [5.74, 6) is -2.78. The highest BCUT2D eigenvalue weighted by Crippen LogP contribution is 2.34. The van der Waals surface area contributed by atoms with Gasteiger partial charge >= 0.3 is 6.18 Å². The molecule has 1 heterocycles. The van der Waals surface area contributed by atoms with Crippen LogP contribution >= 0.6 is 0 Å². The van der Waals surface area contributed by atoms with Crippen molar-refractivity contribution in [3.63, 3.8) is 0 Å². The highest BCUT2D eigenvalue weighted by molar-refractivity contribution is 5.65. The monoisotopic (exact) mass is 414 g/mol. The van der Waals surface area contributed by atoms with Crippen molar-refractivity contribution < 1.29 is 31.4 Å². The first-order valence-corrected chi connectivity index (χ1v) is 9.67. The third-order valence-corrected chi connectivity index (χ3v) is 5.06. The molecule has 0 aromatic heterocycles. The Hall–Kier alpha value is -2.15. The molecule has 0 N–H and O–H groups in total. The SMILES string of the molecule is CCCC1CCC(c2ccc(-c3cc(F)c(OCC(F)(F)F)c(F)c3)cc2)OC1. The van der Waals surface area contributed by atoms with E-state index in [9.17, 15) is 22.0 Å². The lowest BCUT2D eigenvalue weighted by atomic mass is 9.91. The van der Waals surface area contributed by atoms with Gasteiger partial charge in [-0.2, -0.15) is 13.2 Å². The van der Waals surface area contributed by atoms with E-state index in [1.54, 1.807) is 12.1 Å². The molecule has 1 aliphatic heterocycles. The Morgan fingerprint density at radius 1 is 1.00 bits per heavy atom. The molecule has 1 aliphatic rings. The van der Waals surface area contributed by atoms with E-state index in [1.807, 2.05) is 12.1 Å². The van der Waals surface area contributed by atoms with Crippen molar-refractivity contribution in [1.82, 2.24) is 0 Å². The van der Waals surface area contributed by atoms with Gasteiger partial charge in [-0.15, -0.1) is 0 Å². The predicted molar refractivity (Wildman–Crippen MR) is 99.7 cm³/mol. The van der Waals surface area contributed by atoms with Crippen LogP contribution in [0.25, 0.3) is 11.1 Å². The summed E-state index contributed by atoms with van der Waals surface area (Å²) in [5, 5.41) is 0. The molecule has 29 heavy (non-hydrogen) atoms. The van der Waals surface area contributed by atoms with E-state index in [0.717, 1.165) is 50.0 Å². The van der Waals surface area contributed by atoms with Crippen LogP contribution in [-0.4, -0.2) is 19.4 Å². The van der Waals surface area contributed by atoms with Crippen molar-refractivity contribution in [3.05, 3.63) is 53.6 Å². The van der Waals surface area contributed by atoms with Crippen molar-refractivity contribution in [3.8, 4) is 16.9 Å². The van der Waals surface area contributed by atoms with Crippen LogP contribution in [0.4, 0.5) is 22.0 Å². The number of hydrogen-bond donors (Lipinski definition) is 0. The van der Waals surface area contributed by atoms with Gasteiger partial charge in [0.25, 0.3) is 0 Å². The van der Waals surface area contributed by atoms with Crippen LogP contribution in [-0.2, 0) is 4.74 Å². The van der Waals surface area contributed by atoms with Gasteiger partial charge in [0.05, 0.1) is 12.7 Å². The molecule has 2 aromatic carbocycles. The summed E-state index contributed by atoms with van der Waals surface area (Å²) < 4.78 is 75.0. The molecule has 7 heteroatoms. The molecule has 2 nitrogen and oxygen atoms in total. The summed E-state index contributed by atoms with van der Waals surface area (Å²) in [6, 6.07) is 9.09. The molecule has 1 fully saturated rings. The molecular weight excluding hydrogens is 391 g/mol. The zero-order valence-corrected chi connectivity index (χ0v) is 16.1. The standard InChI is InChI=1S/C22H23F5O2/c1-2-3-14-4-9-20(28-12-14)16-7-5-15(6-8-16)17-10-18(23)21(19(24)11-17)29-13-22(25,26)27/h5-8,10-11,14,20H,2-4,9,12-13H2,1H3. The normalized spacial score (nSPS) is 19.9. The molecule has 2 aromatic rings. The minimum absolute atomic E-state index is 0.00349. The van der Waals surface area contributed by atoms with Gasteiger partial charge in [-0.3, -0.25) is 0 Å². The van der Waals surface area contributed by atoms with Gasteiger partial charge in [0.15, 0.2) is 24.0 Å². The fourth-order valence-corrected chi connectivity index (χ4v) is 3.61. The molecule has 0 saturated carbocycles. The first kappa shape index (κ1) is 21.6. The van der Waals surface area contributed by atoms with Crippen LogP contribution in [0, 0.1) is 17.6 Å². The Bertz CT molecular complexity index is 786. The van der Waals surface area contributed by atoms with Gasteiger partial charge in [0.2, 0.25) is 0 Å². The van der Waals surface area contributed by atoms with Crippen molar-refractivity contribution >= 4 is 0 Å². The van der Waals surface area contributed by atoms with Crippen LogP contribution in [0.15, 0.2) is 36.4 Å². The van der Waals surface area contributed by atoms with Gasteiger partial charge in [0.1, 0.15) is 0 Å². The fourth-order valence-electron chi connectivity index (χ4n) is 3.61. The lowest BCUT2D eigenvalue weighted by Crippen LogP contribution is -2.20. The maximum absolute atomic E-state index is 14.1. The summed E-state index contributed by atoms with van der Waals surface area (Å²) >= 11 is 0. The second kappa shape index (κ2) is 9.11. The Morgan fingerprint density at radius 3 is 2.17 bits per heavy atom. The number of halogens is 5. The van der Waals surface area contributed by atoms with Gasteiger partial charge in [-0.05, 0) is 54.0 Å². The molecule has 2 unspecified atom stereocenters. The van der Waals surface area contributed by atoms with Crippen LogP contribution in [0.5, 0.6) is 5.75 Å². The van der Waals surface area contributed by atoms with E-state index < -0.39 is 30.2 Å². The average molecular weight is 414 g/mol. The number of rotatable bonds is 6. The average Bonchev–Trinajstić information content (AvgIpc) is 2.67. The van der Waals surface area contributed by atoms with Crippen LogP contribution in [0.2, 0.25) is 0 Å². The van der Waals surface area contributed by atoms with Crippen molar-refractivity contribution in [1.29, 1.82) is 0 Å². The molecule has 1 saturated heterocycles. The second-order valence-electron chi connectivity index (χ2n) is 7.35. The summed E-state index contributed by atoms with van der Waals surface area (Å²) in [6.45, 7) is 1.14. The van der Waals surface area contributed by atoms with E-state index >= 15 is 0 Å². The third kappa shape index (κ3) is 5.69. The molecule has 0 spiro atoms. The lowest BCUT2D eigenvalue weighted by Gasteiger charge is -2.29. The number of ether oxygens (including phenoxy) is 2. The largest absolute Gasteiger partial charge is 0.478 e. The molecular formula is C22H23F5O2. The molecule has 0 amide bonds. The van der Waals surface area contributed by atoms with Crippen LogP contribution in [0.3, 0.4) is 0 Å². The molecule has 0 radical (unpaired) electrons. The zero-order chi connectivity index (χ0) is 21.0. The van der Waals surface area contributed by atoms with E-state index in [1.165, 1.54) is 0 Å². The van der Waals surface area contributed by atoms with Gasteiger partial charge in [0, 0.05) is 0 Å². The summed E-state index contributed by atoms with van der Waals surface area (Å²) in [7, 11) is 0. The van der Waals surface area contributed by atoms with Crippen LogP contribution < -0.4 is 4.74 Å². The molecule has 158 valence electrons. The molecule has 2 atom stereocenters. The minimum Gasteiger partial charge on any atom is -0.478 e. The maximum atomic E-state index is 14.1. The Labute approximate surface area is 166 Å². The van der Waals surface area contributed by atoms with E-state index in [0.29, 0.717) is 11.5 Å². The van der Waals surface area contributed by atoms with E-state index in [4.69, 9.17) is 4.74 Å². The molecule has 0 aliphatic carbocycles. The zero-order valence-electron chi connectivity index (χ0n) is 16.1.